The largest absolute Gasteiger partial charge is 0.405 e. The highest BCUT2D eigenvalue weighted by atomic mass is 35.5. The molecule has 3 nitrogen and oxygen atoms in total. The van der Waals surface area contributed by atoms with Gasteiger partial charge in [-0.1, -0.05) is 18.5 Å². The maximum absolute atomic E-state index is 12.4. The van der Waals surface area contributed by atoms with Crippen LogP contribution in [0.25, 0.3) is 0 Å². The number of aromatic nitrogens is 1. The second kappa shape index (κ2) is 5.44. The molecule has 0 aliphatic rings. The minimum absolute atomic E-state index is 0.119. The third-order valence-electron chi connectivity index (χ3n) is 2.02. The molecular formula is C10H13ClF3N3. The van der Waals surface area contributed by atoms with E-state index in [0.29, 0.717) is 11.4 Å². The molecule has 0 spiro atoms. The van der Waals surface area contributed by atoms with Gasteiger partial charge >= 0.3 is 6.18 Å². The quantitative estimate of drug-likeness (QED) is 0.911. The average molecular weight is 268 g/mol. The highest BCUT2D eigenvalue weighted by Crippen LogP contribution is 2.26. The molecule has 0 bridgehead atoms. The van der Waals surface area contributed by atoms with E-state index in [0.717, 1.165) is 4.90 Å². The number of nitrogens with two attached hydrogens (primary N) is 1. The van der Waals surface area contributed by atoms with E-state index < -0.39 is 12.7 Å². The van der Waals surface area contributed by atoms with Gasteiger partial charge in [-0.2, -0.15) is 13.2 Å². The summed E-state index contributed by atoms with van der Waals surface area (Å²) >= 11 is 5.65. The topological polar surface area (TPSA) is 42.2 Å². The summed E-state index contributed by atoms with van der Waals surface area (Å²) in [7, 11) is 0. The monoisotopic (exact) mass is 267 g/mol. The SMILES string of the molecule is CCCN(CC(F)(F)F)c1ncc(Cl)cc1N. The van der Waals surface area contributed by atoms with E-state index in [1.807, 2.05) is 0 Å². The summed E-state index contributed by atoms with van der Waals surface area (Å²) in [5.41, 5.74) is 5.76. The number of hydrogen-bond donors (Lipinski definition) is 1. The van der Waals surface area contributed by atoms with Crippen LogP contribution in [0, 0.1) is 0 Å². The Morgan fingerprint density at radius 3 is 2.59 bits per heavy atom. The van der Waals surface area contributed by atoms with Gasteiger partial charge in [-0.3, -0.25) is 0 Å². The first-order valence-electron chi connectivity index (χ1n) is 5.06. The zero-order chi connectivity index (χ0) is 13.1. The number of nitrogen functional groups attached to an aromatic ring is 1. The van der Waals surface area contributed by atoms with Crippen molar-refractivity contribution in [3.63, 3.8) is 0 Å². The fourth-order valence-electron chi connectivity index (χ4n) is 1.46. The van der Waals surface area contributed by atoms with Crippen LogP contribution in [0.3, 0.4) is 0 Å². The first kappa shape index (κ1) is 13.9. The van der Waals surface area contributed by atoms with Crippen LogP contribution in [0.4, 0.5) is 24.7 Å². The molecule has 7 heteroatoms. The van der Waals surface area contributed by atoms with Crippen LogP contribution in [0.5, 0.6) is 0 Å². The molecule has 1 rings (SSSR count). The maximum Gasteiger partial charge on any atom is 0.405 e. The molecule has 0 saturated carbocycles. The lowest BCUT2D eigenvalue weighted by Crippen LogP contribution is -2.35. The molecule has 0 radical (unpaired) electrons. The molecule has 0 fully saturated rings. The van der Waals surface area contributed by atoms with Crippen LogP contribution in [0.2, 0.25) is 5.02 Å². The summed E-state index contributed by atoms with van der Waals surface area (Å²) in [6, 6.07) is 1.39. The third kappa shape index (κ3) is 4.30. The molecule has 1 heterocycles. The van der Waals surface area contributed by atoms with Gasteiger partial charge in [-0.15, -0.1) is 0 Å². The van der Waals surface area contributed by atoms with Gasteiger partial charge in [-0.25, -0.2) is 4.98 Å². The Balaban J connectivity index is 2.97. The molecule has 96 valence electrons. The van der Waals surface area contributed by atoms with Gasteiger partial charge in [0, 0.05) is 12.7 Å². The fraction of sp³-hybridized carbons (Fsp3) is 0.500. The molecule has 0 aliphatic heterocycles. The second-order valence-electron chi connectivity index (χ2n) is 3.60. The molecule has 0 unspecified atom stereocenters. The minimum Gasteiger partial charge on any atom is -0.396 e. The Labute approximate surface area is 102 Å². The number of anilines is 2. The molecule has 0 amide bonds. The van der Waals surface area contributed by atoms with E-state index >= 15 is 0 Å². The molecule has 0 aliphatic carbocycles. The van der Waals surface area contributed by atoms with E-state index in [4.69, 9.17) is 17.3 Å². The first-order valence-corrected chi connectivity index (χ1v) is 5.44. The number of halogens is 4. The van der Waals surface area contributed by atoms with Crippen LogP contribution >= 0.6 is 11.6 Å². The van der Waals surface area contributed by atoms with Gasteiger partial charge in [0.15, 0.2) is 5.82 Å². The molecule has 0 atom stereocenters. The van der Waals surface area contributed by atoms with Crippen molar-refractivity contribution in [2.24, 2.45) is 0 Å². The smallest absolute Gasteiger partial charge is 0.396 e. The van der Waals surface area contributed by atoms with Crippen LogP contribution in [-0.4, -0.2) is 24.2 Å². The van der Waals surface area contributed by atoms with Crippen LogP contribution in [-0.2, 0) is 0 Å². The predicted octanol–water partition coefficient (Wildman–Crippen LogP) is 3.10. The summed E-state index contributed by atoms with van der Waals surface area (Å²) < 4.78 is 37.2. The number of rotatable bonds is 4. The zero-order valence-corrected chi connectivity index (χ0v) is 10.0. The average Bonchev–Trinajstić information content (AvgIpc) is 2.14. The van der Waals surface area contributed by atoms with Crippen molar-refractivity contribution in [2.75, 3.05) is 23.7 Å². The number of hydrogen-bond acceptors (Lipinski definition) is 3. The number of alkyl halides is 3. The third-order valence-corrected chi connectivity index (χ3v) is 2.23. The Kier molecular flexibility index (Phi) is 4.45. The van der Waals surface area contributed by atoms with Crippen molar-refractivity contribution in [3.05, 3.63) is 17.3 Å². The second-order valence-corrected chi connectivity index (χ2v) is 4.04. The standard InChI is InChI=1S/C10H13ClF3N3/c1-2-3-17(6-10(12,13)14)9-8(15)4-7(11)5-16-9/h4-5H,2-3,6,15H2,1H3. The van der Waals surface area contributed by atoms with E-state index in [1.54, 1.807) is 6.92 Å². The van der Waals surface area contributed by atoms with E-state index in [9.17, 15) is 13.2 Å². The Hall–Kier alpha value is -1.17. The van der Waals surface area contributed by atoms with Crippen molar-refractivity contribution in [3.8, 4) is 0 Å². The van der Waals surface area contributed by atoms with Gasteiger partial charge in [0.1, 0.15) is 6.54 Å². The predicted molar refractivity (Wildman–Crippen MR) is 62.2 cm³/mol. The first-order chi connectivity index (χ1) is 7.83. The van der Waals surface area contributed by atoms with Crippen LogP contribution in [0.1, 0.15) is 13.3 Å². The van der Waals surface area contributed by atoms with Crippen LogP contribution < -0.4 is 10.6 Å². The Morgan fingerprint density at radius 1 is 1.47 bits per heavy atom. The molecule has 17 heavy (non-hydrogen) atoms. The molecule has 0 aromatic carbocycles. The van der Waals surface area contributed by atoms with Gasteiger partial charge in [-0.05, 0) is 12.5 Å². The Morgan fingerprint density at radius 2 is 2.12 bits per heavy atom. The summed E-state index contributed by atoms with van der Waals surface area (Å²) in [6.07, 6.45) is -2.44. The normalized spacial score (nSPS) is 11.6. The molecule has 1 aromatic rings. The van der Waals surface area contributed by atoms with Gasteiger partial charge in [0.05, 0.1) is 10.7 Å². The maximum atomic E-state index is 12.4. The van der Waals surface area contributed by atoms with Gasteiger partial charge in [0.25, 0.3) is 0 Å². The summed E-state index contributed by atoms with van der Waals surface area (Å²) in [6.45, 7) is 0.952. The summed E-state index contributed by atoms with van der Waals surface area (Å²) in [5, 5.41) is 0.301. The lowest BCUT2D eigenvalue weighted by molar-refractivity contribution is -0.119. The lowest BCUT2D eigenvalue weighted by atomic mass is 10.3. The van der Waals surface area contributed by atoms with Crippen molar-refractivity contribution in [1.29, 1.82) is 0 Å². The fourth-order valence-corrected chi connectivity index (χ4v) is 1.62. The lowest BCUT2D eigenvalue weighted by Gasteiger charge is -2.25. The zero-order valence-electron chi connectivity index (χ0n) is 9.26. The van der Waals surface area contributed by atoms with E-state index in [-0.39, 0.29) is 18.1 Å². The number of pyridine rings is 1. The van der Waals surface area contributed by atoms with Crippen molar-refractivity contribution in [2.45, 2.75) is 19.5 Å². The van der Waals surface area contributed by atoms with Gasteiger partial charge < -0.3 is 10.6 Å². The van der Waals surface area contributed by atoms with Crippen LogP contribution in [0.15, 0.2) is 12.3 Å². The highest BCUT2D eigenvalue weighted by Gasteiger charge is 2.31. The Bertz CT molecular complexity index is 382. The van der Waals surface area contributed by atoms with Gasteiger partial charge in [0.2, 0.25) is 0 Å². The molecule has 1 aromatic heterocycles. The highest BCUT2D eigenvalue weighted by molar-refractivity contribution is 6.30. The van der Waals surface area contributed by atoms with E-state index in [2.05, 4.69) is 4.98 Å². The summed E-state index contributed by atoms with van der Waals surface area (Å²) in [5.74, 6) is 0.119. The number of nitrogens with zero attached hydrogens (tertiary/aromatic N) is 2. The molecular weight excluding hydrogens is 255 g/mol. The van der Waals surface area contributed by atoms with Crippen molar-refractivity contribution in [1.82, 2.24) is 4.98 Å². The van der Waals surface area contributed by atoms with E-state index in [1.165, 1.54) is 12.3 Å². The molecule has 2 N–H and O–H groups in total. The summed E-state index contributed by atoms with van der Waals surface area (Å²) in [4.78, 5) is 4.95. The van der Waals surface area contributed by atoms with Crippen molar-refractivity contribution >= 4 is 23.1 Å². The van der Waals surface area contributed by atoms with Crippen molar-refractivity contribution < 1.29 is 13.2 Å². The minimum atomic E-state index is -4.29. The molecule has 0 saturated heterocycles.